The summed E-state index contributed by atoms with van der Waals surface area (Å²) in [5, 5.41) is 0. The van der Waals surface area contributed by atoms with Gasteiger partial charge in [-0.05, 0) is 5.92 Å². The number of hydrogen-bond donors (Lipinski definition) is 0. The molecule has 5 heteroatoms. The number of aldehydes is 1. The van der Waals surface area contributed by atoms with E-state index in [1.54, 1.807) is 6.92 Å². The van der Waals surface area contributed by atoms with Crippen molar-refractivity contribution in [3.8, 4) is 0 Å². The zero-order chi connectivity index (χ0) is 9.90. The topological polar surface area (TPSA) is 51.2 Å². The molecule has 0 N–H and O–H groups in total. The Labute approximate surface area is 97.3 Å². The van der Waals surface area contributed by atoms with E-state index < -0.39 is 15.5 Å². The van der Waals surface area contributed by atoms with Gasteiger partial charge in [-0.15, -0.1) is 0 Å². The monoisotopic (exact) mass is 232 g/mol. The molecule has 80 valence electrons. The van der Waals surface area contributed by atoms with Crippen LogP contribution >= 0.6 is 0 Å². The van der Waals surface area contributed by atoms with Crippen molar-refractivity contribution in [2.45, 2.75) is 43.8 Å². The molecule has 0 aromatic carbocycles. The summed E-state index contributed by atoms with van der Waals surface area (Å²) in [5.74, 6) is 0.411. The van der Waals surface area contributed by atoms with Crippen LogP contribution in [0.5, 0.6) is 0 Å². The summed E-state index contributed by atoms with van der Waals surface area (Å²) in [6, 6.07) is 0. The van der Waals surface area contributed by atoms with E-state index in [9.17, 15) is 13.2 Å². The summed E-state index contributed by atoms with van der Waals surface area (Å²) in [4.78, 5) is 10.2. The summed E-state index contributed by atoms with van der Waals surface area (Å²) in [7, 11) is -1.97. The molecule has 1 aliphatic carbocycles. The first-order chi connectivity index (χ1) is 6.08. The van der Waals surface area contributed by atoms with Gasteiger partial charge in [-0.3, -0.25) is 0 Å². The van der Waals surface area contributed by atoms with Crippen LogP contribution in [-0.2, 0) is 23.9 Å². The maximum absolute atomic E-state index is 10.9. The minimum atomic E-state index is -1.97. The Hall–Kier alpha value is 0.152. The summed E-state index contributed by atoms with van der Waals surface area (Å²) in [6.45, 7) is 1.78. The number of rotatable bonds is 3. The van der Waals surface area contributed by atoms with Gasteiger partial charge < -0.3 is 13.2 Å². The van der Waals surface area contributed by atoms with Crippen molar-refractivity contribution in [2.24, 2.45) is 5.92 Å². The van der Waals surface area contributed by atoms with Crippen molar-refractivity contribution in [1.82, 2.24) is 0 Å². The Morgan fingerprint density at radius 1 is 1.36 bits per heavy atom. The van der Waals surface area contributed by atoms with E-state index in [-0.39, 0.29) is 17.4 Å². The van der Waals surface area contributed by atoms with E-state index in [0.717, 1.165) is 19.1 Å². The zero-order valence-corrected chi connectivity index (χ0v) is 11.6. The Morgan fingerprint density at radius 3 is 2.21 bits per heavy atom. The third kappa shape index (κ3) is 3.38. The van der Waals surface area contributed by atoms with Crippen LogP contribution in [0.2, 0.25) is 0 Å². The van der Waals surface area contributed by atoms with Crippen molar-refractivity contribution in [2.75, 3.05) is 0 Å². The van der Waals surface area contributed by atoms with E-state index in [1.807, 2.05) is 0 Å². The number of hydrogen-bond acceptors (Lipinski definition) is 4. The Balaban J connectivity index is 0.00000169. The van der Waals surface area contributed by atoms with Crippen molar-refractivity contribution in [1.29, 1.82) is 0 Å². The second kappa shape index (κ2) is 5.89. The van der Waals surface area contributed by atoms with Gasteiger partial charge >= 0.3 is 17.4 Å². The average Bonchev–Trinajstić information content (AvgIpc) is 2.09. The van der Waals surface area contributed by atoms with Gasteiger partial charge in [0.15, 0.2) is 0 Å². The van der Waals surface area contributed by atoms with E-state index in [2.05, 4.69) is 0 Å². The van der Waals surface area contributed by atoms with Gasteiger partial charge in [0.2, 0.25) is 0 Å². The Morgan fingerprint density at radius 2 is 1.86 bits per heavy atom. The van der Waals surface area contributed by atoms with Crippen molar-refractivity contribution in [3.63, 3.8) is 0 Å². The van der Waals surface area contributed by atoms with Crippen LogP contribution in [0.15, 0.2) is 0 Å². The van der Waals surface area contributed by atoms with Crippen LogP contribution in [0, 0.1) is 5.92 Å². The standard InChI is InChI=1S/C9H15O3S.Al.2H/c1-9(13(11)12)5-2-8(3-6-9)4-7-10;;;/h7-8H,2-6H2,1H3;;;/q-1;+1;;. The molecule has 0 radical (unpaired) electrons. The second-order valence-electron chi connectivity index (χ2n) is 4.03. The van der Waals surface area contributed by atoms with Gasteiger partial charge in [0, 0.05) is 6.42 Å². The molecule has 0 saturated heterocycles. The maximum atomic E-state index is 10.9. The number of carbonyl (C=O) groups is 1. The third-order valence-electron chi connectivity index (χ3n) is 2.99. The zero-order valence-electron chi connectivity index (χ0n) is 8.82. The van der Waals surface area contributed by atoms with Gasteiger partial charge in [0.1, 0.15) is 6.29 Å². The van der Waals surface area contributed by atoms with Crippen LogP contribution in [-0.4, -0.2) is 28.4 Å². The van der Waals surface area contributed by atoms with Gasteiger partial charge in [-0.1, -0.05) is 48.1 Å². The van der Waals surface area contributed by atoms with Crippen molar-refractivity contribution < 1.29 is 13.2 Å². The first-order valence-electron chi connectivity index (χ1n) is 4.61. The third-order valence-corrected chi connectivity index (χ3v) is 4.21. The Kier molecular flexibility index (Phi) is 5.96. The van der Waals surface area contributed by atoms with Crippen LogP contribution in [0.25, 0.3) is 0 Å². The summed E-state index contributed by atoms with van der Waals surface area (Å²) in [6.07, 6.45) is 4.64. The molecule has 0 aliphatic heterocycles. The molecule has 0 unspecified atom stereocenters. The normalized spacial score (nSPS) is 32.3. The first-order valence-corrected chi connectivity index (χ1v) is 5.69. The molecule has 14 heavy (non-hydrogen) atoms. The minimum absolute atomic E-state index is 0. The van der Waals surface area contributed by atoms with E-state index in [1.165, 1.54) is 0 Å². The van der Waals surface area contributed by atoms with Gasteiger partial charge in [0.05, 0.1) is 0 Å². The molecule has 0 heterocycles. The van der Waals surface area contributed by atoms with Crippen LogP contribution < -0.4 is 0 Å². The van der Waals surface area contributed by atoms with Crippen LogP contribution in [0.4, 0.5) is 0 Å². The molecular formula is C9H17AlO3S. The summed E-state index contributed by atoms with van der Waals surface area (Å²) in [5.41, 5.74) is 0. The van der Waals surface area contributed by atoms with E-state index in [4.69, 9.17) is 0 Å². The van der Waals surface area contributed by atoms with Crippen molar-refractivity contribution in [3.05, 3.63) is 0 Å². The molecule has 3 nitrogen and oxygen atoms in total. The molecule has 1 rings (SSSR count). The fourth-order valence-corrected chi connectivity index (χ4v) is 2.40. The predicted molar refractivity (Wildman–Crippen MR) is 58.3 cm³/mol. The molecule has 0 atom stereocenters. The molecule has 0 bridgehead atoms. The van der Waals surface area contributed by atoms with Crippen LogP contribution in [0.3, 0.4) is 0 Å². The molecule has 1 fully saturated rings. The molecular weight excluding hydrogens is 215 g/mol. The first kappa shape index (κ1) is 14.2. The second-order valence-corrected chi connectivity index (χ2v) is 5.49. The SMILES string of the molecule is CC1([S-](=O)=O)CCC(CC=O)CC1.[AlH2+]. The fraction of sp³-hybridized carbons (Fsp3) is 0.889. The summed E-state index contributed by atoms with van der Waals surface area (Å²) < 4.78 is 21.2. The molecule has 0 spiro atoms. The molecule has 0 aromatic heterocycles. The van der Waals surface area contributed by atoms with Crippen LogP contribution in [0.1, 0.15) is 39.0 Å². The molecule has 0 aromatic rings. The Bertz CT molecular complexity index is 247. The number of carbonyl (C=O) groups excluding carboxylic acids is 1. The molecule has 0 amide bonds. The van der Waals surface area contributed by atoms with Gasteiger partial charge in [-0.25, -0.2) is 0 Å². The summed E-state index contributed by atoms with van der Waals surface area (Å²) >= 11 is 0. The van der Waals surface area contributed by atoms with Crippen molar-refractivity contribution >= 4 is 34.4 Å². The van der Waals surface area contributed by atoms with E-state index in [0.29, 0.717) is 25.2 Å². The quantitative estimate of drug-likeness (QED) is 0.413. The van der Waals surface area contributed by atoms with E-state index >= 15 is 0 Å². The molecule has 1 saturated carbocycles. The molecule has 1 aliphatic rings. The van der Waals surface area contributed by atoms with Gasteiger partial charge in [-0.2, -0.15) is 0 Å². The average molecular weight is 232 g/mol. The van der Waals surface area contributed by atoms with Gasteiger partial charge in [0.25, 0.3) is 0 Å². The predicted octanol–water partition coefficient (Wildman–Crippen LogP) is 0.917. The fourth-order valence-electron chi connectivity index (χ4n) is 1.83.